The second-order valence-corrected chi connectivity index (χ2v) is 5.33. The Morgan fingerprint density at radius 2 is 2.00 bits per heavy atom. The van der Waals surface area contributed by atoms with Gasteiger partial charge in [0.05, 0.1) is 0 Å². The first-order valence-electron chi connectivity index (χ1n) is 6.74. The van der Waals surface area contributed by atoms with Gasteiger partial charge in [-0.15, -0.1) is 0 Å². The molecule has 1 saturated heterocycles. The number of hydrogen-bond donors (Lipinski definition) is 1. The fraction of sp³-hybridized carbons (Fsp3) is 1.00. The number of hydrogen-bond acceptors (Lipinski definition) is 3. The normalized spacial score (nSPS) is 26.8. The first kappa shape index (κ1) is 13.9. The highest BCUT2D eigenvalue weighted by atomic mass is 15.2. The van der Waals surface area contributed by atoms with E-state index in [9.17, 15) is 0 Å². The lowest BCUT2D eigenvalue weighted by Crippen LogP contribution is -2.34. The van der Waals surface area contributed by atoms with Gasteiger partial charge < -0.3 is 15.1 Å². The molecule has 0 aromatic carbocycles. The van der Waals surface area contributed by atoms with E-state index >= 15 is 0 Å². The van der Waals surface area contributed by atoms with Gasteiger partial charge in [0.1, 0.15) is 0 Å². The molecule has 1 rings (SSSR count). The highest BCUT2D eigenvalue weighted by Crippen LogP contribution is 2.19. The molecule has 0 aromatic rings. The summed E-state index contributed by atoms with van der Waals surface area (Å²) < 4.78 is 0. The summed E-state index contributed by atoms with van der Waals surface area (Å²) in [6.07, 6.45) is 2.64. The van der Waals surface area contributed by atoms with Crippen LogP contribution in [0.15, 0.2) is 0 Å². The van der Waals surface area contributed by atoms with E-state index in [0.717, 1.165) is 18.5 Å². The molecule has 0 spiro atoms. The molecule has 1 N–H and O–H groups in total. The van der Waals surface area contributed by atoms with Gasteiger partial charge in [0, 0.05) is 19.1 Å². The highest BCUT2D eigenvalue weighted by molar-refractivity contribution is 4.86. The van der Waals surface area contributed by atoms with Gasteiger partial charge in [0.2, 0.25) is 0 Å². The van der Waals surface area contributed by atoms with Gasteiger partial charge in [-0.25, -0.2) is 0 Å². The molecular formula is C13H29N3. The molecule has 3 heteroatoms. The minimum absolute atomic E-state index is 0.758. The average molecular weight is 227 g/mol. The summed E-state index contributed by atoms with van der Waals surface area (Å²) >= 11 is 0. The maximum Gasteiger partial charge on any atom is 0.0254 e. The standard InChI is InChI=1S/C13H29N3/c1-5-14-8-6-7-9-16-10-12(2)13(11-16)15(3)4/h12-14H,5-11H2,1-4H3. The topological polar surface area (TPSA) is 18.5 Å². The Bertz CT molecular complexity index is 182. The van der Waals surface area contributed by atoms with E-state index in [-0.39, 0.29) is 0 Å². The van der Waals surface area contributed by atoms with Gasteiger partial charge in [-0.2, -0.15) is 0 Å². The summed E-state index contributed by atoms with van der Waals surface area (Å²) in [6.45, 7) is 10.6. The van der Waals surface area contributed by atoms with E-state index in [0.29, 0.717) is 0 Å². The largest absolute Gasteiger partial charge is 0.317 e. The quantitative estimate of drug-likeness (QED) is 0.661. The van der Waals surface area contributed by atoms with Crippen LogP contribution in [0.1, 0.15) is 26.7 Å². The second-order valence-electron chi connectivity index (χ2n) is 5.33. The molecule has 2 atom stereocenters. The van der Waals surface area contributed by atoms with Crippen LogP contribution < -0.4 is 5.32 Å². The minimum atomic E-state index is 0.758. The van der Waals surface area contributed by atoms with E-state index in [2.05, 4.69) is 43.1 Å². The Morgan fingerprint density at radius 1 is 1.25 bits per heavy atom. The van der Waals surface area contributed by atoms with Crippen molar-refractivity contribution >= 4 is 0 Å². The molecule has 0 bridgehead atoms. The molecule has 1 heterocycles. The van der Waals surface area contributed by atoms with Gasteiger partial charge in [-0.05, 0) is 52.5 Å². The Kier molecular flexibility index (Phi) is 6.32. The molecule has 16 heavy (non-hydrogen) atoms. The van der Waals surface area contributed by atoms with Gasteiger partial charge in [0.25, 0.3) is 0 Å². The summed E-state index contributed by atoms with van der Waals surface area (Å²) in [4.78, 5) is 5.00. The molecule has 0 amide bonds. The summed E-state index contributed by atoms with van der Waals surface area (Å²) in [5, 5.41) is 3.38. The number of rotatable bonds is 7. The van der Waals surface area contributed by atoms with Gasteiger partial charge in [0.15, 0.2) is 0 Å². The predicted octanol–water partition coefficient (Wildman–Crippen LogP) is 1.26. The summed E-state index contributed by atoms with van der Waals surface area (Å²) in [6, 6.07) is 0.758. The molecule has 0 radical (unpaired) electrons. The van der Waals surface area contributed by atoms with Crippen molar-refractivity contribution < 1.29 is 0 Å². The minimum Gasteiger partial charge on any atom is -0.317 e. The van der Waals surface area contributed by atoms with Crippen LogP contribution in [0.3, 0.4) is 0 Å². The van der Waals surface area contributed by atoms with E-state index in [4.69, 9.17) is 0 Å². The molecule has 0 aromatic heterocycles. The Labute approximate surface area is 101 Å². The van der Waals surface area contributed by atoms with E-state index < -0.39 is 0 Å². The summed E-state index contributed by atoms with van der Waals surface area (Å²) in [5.74, 6) is 0.823. The van der Waals surface area contributed by atoms with E-state index in [1.807, 2.05) is 0 Å². The Morgan fingerprint density at radius 3 is 2.56 bits per heavy atom. The third-order valence-electron chi connectivity index (χ3n) is 3.64. The van der Waals surface area contributed by atoms with Crippen LogP contribution in [0.5, 0.6) is 0 Å². The molecule has 1 aliphatic rings. The Balaban J connectivity index is 2.11. The van der Waals surface area contributed by atoms with Crippen LogP contribution in [0.4, 0.5) is 0 Å². The van der Waals surface area contributed by atoms with Crippen molar-refractivity contribution in [3.8, 4) is 0 Å². The van der Waals surface area contributed by atoms with Crippen LogP contribution >= 0.6 is 0 Å². The van der Waals surface area contributed by atoms with Crippen molar-refractivity contribution in [2.75, 3.05) is 46.8 Å². The molecule has 1 fully saturated rings. The van der Waals surface area contributed by atoms with Gasteiger partial charge in [-0.1, -0.05) is 13.8 Å². The SMILES string of the molecule is CCNCCCCN1CC(C)C(N(C)C)C1. The molecule has 96 valence electrons. The zero-order chi connectivity index (χ0) is 12.0. The second kappa shape index (κ2) is 7.25. The number of likely N-dealkylation sites (N-methyl/N-ethyl adjacent to an activating group) is 1. The highest BCUT2D eigenvalue weighted by Gasteiger charge is 2.30. The van der Waals surface area contributed by atoms with Crippen molar-refractivity contribution in [3.63, 3.8) is 0 Å². The third-order valence-corrected chi connectivity index (χ3v) is 3.64. The first-order chi connectivity index (χ1) is 7.65. The predicted molar refractivity (Wildman–Crippen MR) is 70.9 cm³/mol. The number of likely N-dealkylation sites (tertiary alicyclic amines) is 1. The maximum absolute atomic E-state index is 3.38. The molecule has 0 saturated carbocycles. The van der Waals surface area contributed by atoms with E-state index in [1.54, 1.807) is 0 Å². The monoisotopic (exact) mass is 227 g/mol. The molecular weight excluding hydrogens is 198 g/mol. The number of nitrogens with zero attached hydrogens (tertiary/aromatic N) is 2. The average Bonchev–Trinajstić information content (AvgIpc) is 2.59. The van der Waals surface area contributed by atoms with Crippen LogP contribution in [0, 0.1) is 5.92 Å². The molecule has 1 aliphatic heterocycles. The summed E-state index contributed by atoms with van der Waals surface area (Å²) in [5.41, 5.74) is 0. The Hall–Kier alpha value is -0.120. The van der Waals surface area contributed by atoms with Crippen LogP contribution in [-0.2, 0) is 0 Å². The lowest BCUT2D eigenvalue weighted by Gasteiger charge is -2.22. The lowest BCUT2D eigenvalue weighted by molar-refractivity contribution is 0.251. The lowest BCUT2D eigenvalue weighted by atomic mass is 10.1. The molecule has 2 unspecified atom stereocenters. The van der Waals surface area contributed by atoms with Crippen LogP contribution in [0.2, 0.25) is 0 Å². The van der Waals surface area contributed by atoms with E-state index in [1.165, 1.54) is 39.0 Å². The number of unbranched alkanes of at least 4 members (excludes halogenated alkanes) is 1. The van der Waals surface area contributed by atoms with Crippen LogP contribution in [0.25, 0.3) is 0 Å². The van der Waals surface area contributed by atoms with Crippen LogP contribution in [-0.4, -0.2) is 62.7 Å². The fourth-order valence-corrected chi connectivity index (χ4v) is 2.66. The zero-order valence-electron chi connectivity index (χ0n) is 11.5. The van der Waals surface area contributed by atoms with Crippen molar-refractivity contribution in [2.45, 2.75) is 32.7 Å². The van der Waals surface area contributed by atoms with Crippen molar-refractivity contribution in [2.24, 2.45) is 5.92 Å². The van der Waals surface area contributed by atoms with Crippen molar-refractivity contribution in [1.82, 2.24) is 15.1 Å². The smallest absolute Gasteiger partial charge is 0.0254 e. The van der Waals surface area contributed by atoms with Gasteiger partial charge >= 0.3 is 0 Å². The first-order valence-corrected chi connectivity index (χ1v) is 6.74. The summed E-state index contributed by atoms with van der Waals surface area (Å²) in [7, 11) is 4.41. The fourth-order valence-electron chi connectivity index (χ4n) is 2.66. The van der Waals surface area contributed by atoms with Crippen molar-refractivity contribution in [1.29, 1.82) is 0 Å². The number of nitrogens with one attached hydrogen (secondary N) is 1. The van der Waals surface area contributed by atoms with Gasteiger partial charge in [-0.3, -0.25) is 0 Å². The third kappa shape index (κ3) is 4.40. The zero-order valence-corrected chi connectivity index (χ0v) is 11.5. The van der Waals surface area contributed by atoms with Crippen molar-refractivity contribution in [3.05, 3.63) is 0 Å². The molecule has 3 nitrogen and oxygen atoms in total. The maximum atomic E-state index is 3.38. The molecule has 0 aliphatic carbocycles.